The van der Waals surface area contributed by atoms with Gasteiger partial charge in [-0.05, 0) is 38.0 Å². The summed E-state index contributed by atoms with van der Waals surface area (Å²) < 4.78 is 28.0. The van der Waals surface area contributed by atoms with Crippen LogP contribution in [0.4, 0.5) is 5.69 Å². The number of nitrogens with zero attached hydrogens (tertiary/aromatic N) is 2. The fourth-order valence-corrected chi connectivity index (χ4v) is 4.91. The van der Waals surface area contributed by atoms with Crippen LogP contribution in [0.2, 0.25) is 0 Å². The molecule has 2 aromatic carbocycles. The third kappa shape index (κ3) is 3.68. The average molecular weight is 400 g/mol. The minimum atomic E-state index is -4.00. The molecule has 0 amide bonds. The van der Waals surface area contributed by atoms with Crippen molar-refractivity contribution in [3.8, 4) is 0 Å². The Balaban J connectivity index is 2.06. The maximum absolute atomic E-state index is 13.4. The zero-order chi connectivity index (χ0) is 20.5. The Labute approximate surface area is 163 Å². The molecular weight excluding hydrogens is 380 g/mol. The van der Waals surface area contributed by atoms with Crippen LogP contribution in [0, 0.1) is 16.0 Å². The van der Waals surface area contributed by atoms with Crippen LogP contribution in [-0.4, -0.2) is 23.4 Å². The number of nitro groups is 1. The van der Waals surface area contributed by atoms with Crippen LogP contribution in [0.1, 0.15) is 25.8 Å². The van der Waals surface area contributed by atoms with Crippen molar-refractivity contribution in [3.63, 3.8) is 0 Å². The number of Topliss-reactive ketones (excluding diaryl/α,β-unsaturated/α-hetero) is 1. The summed E-state index contributed by atoms with van der Waals surface area (Å²) in [6, 6.07) is 13.9. The number of benzene rings is 2. The number of hydrogen-bond donors (Lipinski definition) is 0. The van der Waals surface area contributed by atoms with Gasteiger partial charge in [-0.1, -0.05) is 35.9 Å². The Hall–Kier alpha value is -3.00. The first-order valence-corrected chi connectivity index (χ1v) is 10.2. The lowest BCUT2D eigenvalue weighted by Crippen LogP contribution is -2.40. The summed E-state index contributed by atoms with van der Waals surface area (Å²) in [4.78, 5) is 22.2. The fraction of sp³-hybridized carbons (Fsp3) is 0.250. The van der Waals surface area contributed by atoms with Gasteiger partial charge in [0.25, 0.3) is 15.7 Å². The third-order valence-corrected chi connectivity index (χ3v) is 6.62. The summed E-state index contributed by atoms with van der Waals surface area (Å²) in [5.74, 6) is -0.547. The van der Waals surface area contributed by atoms with Gasteiger partial charge >= 0.3 is 0 Å². The van der Waals surface area contributed by atoms with E-state index >= 15 is 0 Å². The van der Waals surface area contributed by atoms with Crippen LogP contribution in [0.5, 0.6) is 0 Å². The monoisotopic (exact) mass is 400 g/mol. The molecule has 1 aliphatic carbocycles. The molecule has 0 spiro atoms. The summed E-state index contributed by atoms with van der Waals surface area (Å²) in [7, 11) is -4.00. The molecule has 0 aromatic heterocycles. The van der Waals surface area contributed by atoms with Crippen molar-refractivity contribution in [1.29, 1.82) is 0 Å². The molecule has 0 heterocycles. The van der Waals surface area contributed by atoms with Crippen LogP contribution in [0.15, 0.2) is 70.8 Å². The number of sulfonamides is 1. The second-order valence-corrected chi connectivity index (χ2v) is 8.64. The van der Waals surface area contributed by atoms with Crippen LogP contribution < -0.4 is 0 Å². The molecule has 7 nitrogen and oxygen atoms in total. The third-order valence-electron chi connectivity index (χ3n) is 4.84. The van der Waals surface area contributed by atoms with E-state index in [1.54, 1.807) is 0 Å². The molecule has 146 valence electrons. The van der Waals surface area contributed by atoms with E-state index in [0.29, 0.717) is 12.1 Å². The van der Waals surface area contributed by atoms with Crippen molar-refractivity contribution in [3.05, 3.63) is 81.5 Å². The zero-order valence-corrected chi connectivity index (χ0v) is 16.3. The van der Waals surface area contributed by atoms with E-state index in [0.717, 1.165) is 23.3 Å². The van der Waals surface area contributed by atoms with Gasteiger partial charge in [-0.25, -0.2) is 8.42 Å². The molecule has 0 fully saturated rings. The molecule has 0 aliphatic heterocycles. The van der Waals surface area contributed by atoms with Crippen molar-refractivity contribution in [2.45, 2.75) is 31.7 Å². The first-order chi connectivity index (χ1) is 13.2. The van der Waals surface area contributed by atoms with E-state index in [-0.39, 0.29) is 22.9 Å². The number of carbonyl (C=O) groups excluding carboxylic acids is 1. The van der Waals surface area contributed by atoms with E-state index in [1.165, 1.54) is 23.4 Å². The largest absolute Gasteiger partial charge is 0.299 e. The molecule has 0 saturated carbocycles. The molecule has 0 N–H and O–H groups in total. The van der Waals surface area contributed by atoms with Gasteiger partial charge in [0, 0.05) is 17.8 Å². The van der Waals surface area contributed by atoms with Crippen molar-refractivity contribution in [1.82, 2.24) is 4.31 Å². The smallest absolute Gasteiger partial charge is 0.269 e. The molecule has 1 aliphatic rings. The van der Waals surface area contributed by atoms with Crippen molar-refractivity contribution >= 4 is 21.5 Å². The van der Waals surface area contributed by atoms with Gasteiger partial charge in [0.05, 0.1) is 22.3 Å². The van der Waals surface area contributed by atoms with E-state index in [2.05, 4.69) is 0 Å². The Morgan fingerprint density at radius 3 is 2.25 bits per heavy atom. The van der Waals surface area contributed by atoms with Crippen molar-refractivity contribution < 1.29 is 18.1 Å². The van der Waals surface area contributed by atoms with Crippen molar-refractivity contribution in [2.75, 3.05) is 0 Å². The Bertz CT molecular complexity index is 1040. The van der Waals surface area contributed by atoms with Gasteiger partial charge in [-0.3, -0.25) is 19.2 Å². The van der Waals surface area contributed by atoms with Gasteiger partial charge in [0.1, 0.15) is 5.78 Å². The van der Waals surface area contributed by atoms with Gasteiger partial charge in [0.15, 0.2) is 0 Å². The molecule has 8 heteroatoms. The number of rotatable bonds is 7. The average Bonchev–Trinajstić information content (AvgIpc) is 2.66. The Kier molecular flexibility index (Phi) is 5.33. The summed E-state index contributed by atoms with van der Waals surface area (Å²) >= 11 is 0. The molecule has 2 aromatic rings. The molecule has 0 saturated heterocycles. The van der Waals surface area contributed by atoms with E-state index in [9.17, 15) is 23.3 Å². The normalized spacial score (nSPS) is 16.4. The van der Waals surface area contributed by atoms with Crippen LogP contribution in [0.25, 0.3) is 0 Å². The molecule has 0 bridgehead atoms. The summed E-state index contributed by atoms with van der Waals surface area (Å²) in [5.41, 5.74) is 1.94. The highest BCUT2D eigenvalue weighted by Crippen LogP contribution is 2.41. The lowest BCUT2D eigenvalue weighted by Gasteiger charge is -2.38. The topological polar surface area (TPSA) is 97.6 Å². The highest BCUT2D eigenvalue weighted by atomic mass is 32.2. The van der Waals surface area contributed by atoms with Crippen LogP contribution >= 0.6 is 0 Å². The number of carbonyl (C=O) groups is 1. The van der Waals surface area contributed by atoms with Gasteiger partial charge in [-0.15, -0.1) is 0 Å². The lowest BCUT2D eigenvalue weighted by molar-refractivity contribution is -0.384. The van der Waals surface area contributed by atoms with E-state index in [1.807, 2.05) is 37.3 Å². The van der Waals surface area contributed by atoms with Gasteiger partial charge < -0.3 is 0 Å². The SMILES string of the molecule is CC(=O)C1CC(C)=C1N(Cc1ccccc1)S(=O)(=O)c1ccc([N+](=O)[O-])cc1. The quantitative estimate of drug-likeness (QED) is 0.522. The first kappa shape index (κ1) is 19.8. The molecule has 3 rings (SSSR count). The Morgan fingerprint density at radius 1 is 1.14 bits per heavy atom. The second-order valence-electron chi connectivity index (χ2n) is 6.78. The molecule has 1 unspecified atom stereocenters. The maximum atomic E-state index is 13.4. The second kappa shape index (κ2) is 7.55. The standard InChI is InChI=1S/C20H20N2O5S/c1-14-12-19(15(2)23)20(14)21(13-16-6-4-3-5-7-16)28(26,27)18-10-8-17(9-11-18)22(24)25/h3-11,19H,12-13H2,1-2H3. The minimum Gasteiger partial charge on any atom is -0.299 e. The number of hydrogen-bond acceptors (Lipinski definition) is 5. The highest BCUT2D eigenvalue weighted by Gasteiger charge is 2.39. The van der Waals surface area contributed by atoms with Crippen LogP contribution in [-0.2, 0) is 21.4 Å². The van der Waals surface area contributed by atoms with Gasteiger partial charge in [0.2, 0.25) is 0 Å². The highest BCUT2D eigenvalue weighted by molar-refractivity contribution is 7.89. The van der Waals surface area contributed by atoms with Crippen molar-refractivity contribution in [2.24, 2.45) is 5.92 Å². The predicted molar refractivity (Wildman–Crippen MR) is 104 cm³/mol. The molecule has 28 heavy (non-hydrogen) atoms. The number of allylic oxidation sites excluding steroid dienone is 2. The summed E-state index contributed by atoms with van der Waals surface area (Å²) in [6.45, 7) is 3.35. The maximum Gasteiger partial charge on any atom is 0.269 e. The molecule has 1 atom stereocenters. The number of nitro benzene ring substituents is 1. The first-order valence-electron chi connectivity index (χ1n) is 8.73. The lowest BCUT2D eigenvalue weighted by atomic mass is 9.80. The number of ketones is 1. The van der Waals surface area contributed by atoms with E-state index < -0.39 is 20.9 Å². The molecule has 0 radical (unpaired) electrons. The Morgan fingerprint density at radius 2 is 1.75 bits per heavy atom. The van der Waals surface area contributed by atoms with Crippen LogP contribution in [0.3, 0.4) is 0 Å². The number of non-ortho nitro benzene ring substituents is 1. The van der Waals surface area contributed by atoms with Gasteiger partial charge in [-0.2, -0.15) is 0 Å². The van der Waals surface area contributed by atoms with E-state index in [4.69, 9.17) is 0 Å². The summed E-state index contributed by atoms with van der Waals surface area (Å²) in [6.07, 6.45) is 0.533. The fourth-order valence-electron chi connectivity index (χ4n) is 3.31. The summed E-state index contributed by atoms with van der Waals surface area (Å²) in [5, 5.41) is 10.9. The zero-order valence-electron chi connectivity index (χ0n) is 15.5. The minimum absolute atomic E-state index is 0.0523. The predicted octanol–water partition coefficient (Wildman–Crippen LogP) is 3.67. The molecular formula is C20H20N2O5S.